The van der Waals surface area contributed by atoms with Crippen molar-refractivity contribution in [2.24, 2.45) is 0 Å². The van der Waals surface area contributed by atoms with Crippen LogP contribution in [0.25, 0.3) is 0 Å². The summed E-state index contributed by atoms with van der Waals surface area (Å²) in [4.78, 5) is 12.0. The van der Waals surface area contributed by atoms with E-state index in [0.717, 1.165) is 5.56 Å². The second-order valence-corrected chi connectivity index (χ2v) is 5.09. The first kappa shape index (κ1) is 15.5. The molecule has 1 unspecified atom stereocenters. The molecule has 2 aromatic rings. The lowest BCUT2D eigenvalue weighted by Gasteiger charge is -2.17. The van der Waals surface area contributed by atoms with E-state index in [1.165, 1.54) is 12.1 Å². The minimum absolute atomic E-state index is 0.129. The van der Waals surface area contributed by atoms with Gasteiger partial charge in [0, 0.05) is 5.02 Å². The largest absolute Gasteiger partial charge is 0.394 e. The van der Waals surface area contributed by atoms with E-state index in [0.29, 0.717) is 10.6 Å². The Hall–Kier alpha value is -1.91. The second-order valence-electron chi connectivity index (χ2n) is 4.66. The normalized spacial score (nSPS) is 12.0. The molecule has 1 amide bonds. The third kappa shape index (κ3) is 4.55. The molecule has 0 aliphatic rings. The zero-order chi connectivity index (χ0) is 15.2. The number of hydrogen-bond acceptors (Lipinski definition) is 2. The zero-order valence-corrected chi connectivity index (χ0v) is 12.0. The van der Waals surface area contributed by atoms with Gasteiger partial charge in [0.05, 0.1) is 19.1 Å². The van der Waals surface area contributed by atoms with Crippen molar-refractivity contribution < 1.29 is 14.3 Å². The smallest absolute Gasteiger partial charge is 0.224 e. The Morgan fingerprint density at radius 3 is 2.33 bits per heavy atom. The highest BCUT2D eigenvalue weighted by Crippen LogP contribution is 2.16. The Morgan fingerprint density at radius 1 is 1.14 bits per heavy atom. The molecular weight excluding hydrogens is 293 g/mol. The highest BCUT2D eigenvalue weighted by atomic mass is 35.5. The van der Waals surface area contributed by atoms with E-state index in [2.05, 4.69) is 5.32 Å². The minimum atomic E-state index is -0.491. The van der Waals surface area contributed by atoms with Crippen LogP contribution in [-0.2, 0) is 11.2 Å². The Kier molecular flexibility index (Phi) is 5.31. The number of aliphatic hydroxyl groups is 1. The lowest BCUT2D eigenvalue weighted by molar-refractivity contribution is -0.121. The maximum atomic E-state index is 12.8. The van der Waals surface area contributed by atoms with Crippen LogP contribution in [0.5, 0.6) is 0 Å². The van der Waals surface area contributed by atoms with Crippen LogP contribution in [0.1, 0.15) is 17.2 Å². The Morgan fingerprint density at radius 2 is 1.76 bits per heavy atom. The summed E-state index contributed by atoms with van der Waals surface area (Å²) in [6.07, 6.45) is 0.129. The van der Waals surface area contributed by atoms with Gasteiger partial charge in [0.2, 0.25) is 5.91 Å². The molecule has 21 heavy (non-hydrogen) atoms. The van der Waals surface area contributed by atoms with Crippen molar-refractivity contribution in [1.82, 2.24) is 5.32 Å². The van der Waals surface area contributed by atoms with E-state index in [-0.39, 0.29) is 24.8 Å². The van der Waals surface area contributed by atoms with Crippen LogP contribution in [0.4, 0.5) is 4.39 Å². The van der Waals surface area contributed by atoms with E-state index in [9.17, 15) is 14.3 Å². The number of carbonyl (C=O) groups excluding carboxylic acids is 1. The van der Waals surface area contributed by atoms with Crippen molar-refractivity contribution in [2.45, 2.75) is 12.5 Å². The van der Waals surface area contributed by atoms with E-state index >= 15 is 0 Å². The molecule has 0 fully saturated rings. The summed E-state index contributed by atoms with van der Waals surface area (Å²) >= 11 is 5.80. The number of benzene rings is 2. The molecule has 3 nitrogen and oxygen atoms in total. The molecule has 0 aliphatic carbocycles. The summed E-state index contributed by atoms with van der Waals surface area (Å²) < 4.78 is 12.8. The van der Waals surface area contributed by atoms with Gasteiger partial charge in [-0.2, -0.15) is 0 Å². The fourth-order valence-corrected chi connectivity index (χ4v) is 2.09. The molecule has 1 atom stereocenters. The number of nitrogens with one attached hydrogen (secondary N) is 1. The number of aliphatic hydroxyl groups excluding tert-OH is 1. The summed E-state index contributed by atoms with van der Waals surface area (Å²) in [6, 6.07) is 12.2. The van der Waals surface area contributed by atoms with E-state index in [1.807, 2.05) is 0 Å². The number of halogens is 2. The lowest BCUT2D eigenvalue weighted by atomic mass is 10.1. The van der Waals surface area contributed by atoms with Crippen LogP contribution in [0.15, 0.2) is 48.5 Å². The fraction of sp³-hybridized carbons (Fsp3) is 0.188. The Labute approximate surface area is 127 Å². The average Bonchev–Trinajstić information content (AvgIpc) is 2.48. The lowest BCUT2D eigenvalue weighted by Crippen LogP contribution is -2.31. The second kappa shape index (κ2) is 7.20. The summed E-state index contributed by atoms with van der Waals surface area (Å²) in [5.74, 6) is -0.579. The molecule has 5 heteroatoms. The van der Waals surface area contributed by atoms with Gasteiger partial charge in [-0.15, -0.1) is 0 Å². The topological polar surface area (TPSA) is 49.3 Å². The molecule has 0 aromatic heterocycles. The quantitative estimate of drug-likeness (QED) is 0.892. The first-order chi connectivity index (χ1) is 10.1. The number of hydrogen-bond donors (Lipinski definition) is 2. The Balaban J connectivity index is 1.99. The average molecular weight is 308 g/mol. The highest BCUT2D eigenvalue weighted by Gasteiger charge is 2.14. The summed E-state index contributed by atoms with van der Waals surface area (Å²) in [5.41, 5.74) is 1.48. The first-order valence-electron chi connectivity index (χ1n) is 6.48. The van der Waals surface area contributed by atoms with Crippen molar-refractivity contribution in [3.05, 3.63) is 70.5 Å². The predicted molar refractivity (Wildman–Crippen MR) is 79.5 cm³/mol. The predicted octanol–water partition coefficient (Wildman–Crippen LogP) is 2.87. The van der Waals surface area contributed by atoms with Crippen molar-refractivity contribution in [1.29, 1.82) is 0 Å². The van der Waals surface area contributed by atoms with Gasteiger partial charge in [-0.3, -0.25) is 4.79 Å². The summed E-state index contributed by atoms with van der Waals surface area (Å²) in [5, 5.41) is 12.7. The monoisotopic (exact) mass is 307 g/mol. The molecule has 0 spiro atoms. The highest BCUT2D eigenvalue weighted by molar-refractivity contribution is 6.30. The molecule has 0 saturated carbocycles. The van der Waals surface area contributed by atoms with E-state index in [1.54, 1.807) is 36.4 Å². The van der Waals surface area contributed by atoms with Gasteiger partial charge >= 0.3 is 0 Å². The maximum Gasteiger partial charge on any atom is 0.224 e. The summed E-state index contributed by atoms with van der Waals surface area (Å²) in [6.45, 7) is -0.212. The van der Waals surface area contributed by atoms with Crippen LogP contribution in [0, 0.1) is 5.82 Å². The van der Waals surface area contributed by atoms with Gasteiger partial charge in [0.25, 0.3) is 0 Å². The molecule has 2 N–H and O–H groups in total. The third-order valence-corrected chi connectivity index (χ3v) is 3.32. The van der Waals surface area contributed by atoms with Gasteiger partial charge in [-0.1, -0.05) is 35.9 Å². The molecule has 0 bridgehead atoms. The van der Waals surface area contributed by atoms with Crippen molar-refractivity contribution in [3.8, 4) is 0 Å². The molecule has 0 radical (unpaired) electrons. The van der Waals surface area contributed by atoms with Crippen LogP contribution in [-0.4, -0.2) is 17.6 Å². The van der Waals surface area contributed by atoms with Gasteiger partial charge in [-0.25, -0.2) is 4.39 Å². The first-order valence-corrected chi connectivity index (χ1v) is 6.86. The Bertz CT molecular complexity index is 599. The third-order valence-electron chi connectivity index (χ3n) is 3.07. The SMILES string of the molecule is O=C(Cc1ccc(F)cc1)NC(CO)c1ccc(Cl)cc1. The van der Waals surface area contributed by atoms with Gasteiger partial charge in [0.15, 0.2) is 0 Å². The van der Waals surface area contributed by atoms with Crippen molar-refractivity contribution >= 4 is 17.5 Å². The minimum Gasteiger partial charge on any atom is -0.394 e. The fourth-order valence-electron chi connectivity index (χ4n) is 1.96. The molecule has 110 valence electrons. The van der Waals surface area contributed by atoms with Crippen molar-refractivity contribution in [2.75, 3.05) is 6.61 Å². The molecule has 0 saturated heterocycles. The molecular formula is C16H15ClFNO2. The van der Waals surface area contributed by atoms with Gasteiger partial charge in [-0.05, 0) is 35.4 Å². The van der Waals surface area contributed by atoms with Crippen LogP contribution in [0.2, 0.25) is 5.02 Å². The van der Waals surface area contributed by atoms with Crippen LogP contribution >= 0.6 is 11.6 Å². The zero-order valence-electron chi connectivity index (χ0n) is 11.2. The number of rotatable bonds is 5. The number of carbonyl (C=O) groups is 1. The van der Waals surface area contributed by atoms with Gasteiger partial charge < -0.3 is 10.4 Å². The van der Waals surface area contributed by atoms with Crippen LogP contribution < -0.4 is 5.32 Å². The standard InChI is InChI=1S/C16H15ClFNO2/c17-13-5-3-12(4-6-13)15(10-20)19-16(21)9-11-1-7-14(18)8-2-11/h1-8,15,20H,9-10H2,(H,19,21). The molecule has 0 heterocycles. The van der Waals surface area contributed by atoms with E-state index < -0.39 is 6.04 Å². The molecule has 2 rings (SSSR count). The maximum absolute atomic E-state index is 12.8. The summed E-state index contributed by atoms with van der Waals surface area (Å²) in [7, 11) is 0. The molecule has 0 aliphatic heterocycles. The van der Waals surface area contributed by atoms with Crippen LogP contribution in [0.3, 0.4) is 0 Å². The van der Waals surface area contributed by atoms with Crippen molar-refractivity contribution in [3.63, 3.8) is 0 Å². The molecule has 2 aromatic carbocycles. The van der Waals surface area contributed by atoms with Gasteiger partial charge in [0.1, 0.15) is 5.82 Å². The van der Waals surface area contributed by atoms with E-state index in [4.69, 9.17) is 11.6 Å². The number of amides is 1.